The highest BCUT2D eigenvalue weighted by Gasteiger charge is 2.23. The molecular weight excluding hydrogens is 190 g/mol. The number of hydrogen-bond donors (Lipinski definition) is 1. The van der Waals surface area contributed by atoms with Gasteiger partial charge in [0.15, 0.2) is 0 Å². The van der Waals surface area contributed by atoms with Crippen LogP contribution in [-0.2, 0) is 4.74 Å². The van der Waals surface area contributed by atoms with E-state index in [2.05, 4.69) is 18.7 Å². The van der Waals surface area contributed by atoms with Gasteiger partial charge < -0.3 is 9.84 Å². The lowest BCUT2D eigenvalue weighted by molar-refractivity contribution is 0.0141. The number of likely N-dealkylation sites (tertiary alicyclic amines) is 1. The molecule has 1 N–H and O–H groups in total. The zero-order chi connectivity index (χ0) is 11.1. The topological polar surface area (TPSA) is 32.7 Å². The molecular formula is C12H25NO2. The van der Waals surface area contributed by atoms with E-state index in [0.717, 1.165) is 45.7 Å². The Kier molecular flexibility index (Phi) is 6.22. The van der Waals surface area contributed by atoms with E-state index in [-0.39, 0.29) is 6.10 Å². The van der Waals surface area contributed by atoms with Crippen LogP contribution in [0, 0.1) is 5.92 Å². The van der Waals surface area contributed by atoms with E-state index in [9.17, 15) is 5.11 Å². The lowest BCUT2D eigenvalue weighted by atomic mass is 9.96. The zero-order valence-corrected chi connectivity index (χ0v) is 10.1. The number of aliphatic hydroxyl groups is 1. The fourth-order valence-electron chi connectivity index (χ4n) is 1.86. The molecule has 3 heteroatoms. The molecule has 0 radical (unpaired) electrons. The molecule has 1 rings (SSSR count). The van der Waals surface area contributed by atoms with Gasteiger partial charge in [-0.2, -0.15) is 0 Å². The van der Waals surface area contributed by atoms with Gasteiger partial charge in [0.05, 0.1) is 12.7 Å². The van der Waals surface area contributed by atoms with Crippen molar-refractivity contribution in [3.63, 3.8) is 0 Å². The fourth-order valence-corrected chi connectivity index (χ4v) is 1.86. The molecule has 0 saturated carbocycles. The quantitative estimate of drug-likeness (QED) is 0.682. The van der Waals surface area contributed by atoms with Crippen molar-refractivity contribution in [1.82, 2.24) is 4.90 Å². The number of hydrogen-bond acceptors (Lipinski definition) is 3. The van der Waals surface area contributed by atoms with Crippen molar-refractivity contribution in [2.45, 2.75) is 39.2 Å². The lowest BCUT2D eigenvalue weighted by Gasteiger charge is -2.34. The summed E-state index contributed by atoms with van der Waals surface area (Å²) in [6.07, 6.45) is 3.31. The van der Waals surface area contributed by atoms with Gasteiger partial charge in [-0.3, -0.25) is 4.90 Å². The first-order valence-electron chi connectivity index (χ1n) is 6.22. The molecule has 0 aromatic rings. The molecule has 0 aliphatic carbocycles. The summed E-state index contributed by atoms with van der Waals surface area (Å²) < 4.78 is 5.52. The Balaban J connectivity index is 2.02. The summed E-state index contributed by atoms with van der Waals surface area (Å²) in [6, 6.07) is 0. The predicted octanol–water partition coefficient (Wildman–Crippen LogP) is 1.51. The van der Waals surface area contributed by atoms with Crippen molar-refractivity contribution in [1.29, 1.82) is 0 Å². The summed E-state index contributed by atoms with van der Waals surface area (Å²) in [7, 11) is 0. The maximum absolute atomic E-state index is 9.71. The van der Waals surface area contributed by atoms with Crippen molar-refractivity contribution in [2.75, 3.05) is 32.8 Å². The van der Waals surface area contributed by atoms with Gasteiger partial charge in [0, 0.05) is 19.7 Å². The highest BCUT2D eigenvalue weighted by Crippen LogP contribution is 2.16. The Hall–Kier alpha value is -0.120. The number of rotatable bonds is 6. The van der Waals surface area contributed by atoms with Crippen molar-refractivity contribution in [2.24, 2.45) is 5.92 Å². The van der Waals surface area contributed by atoms with E-state index >= 15 is 0 Å². The van der Waals surface area contributed by atoms with Crippen LogP contribution < -0.4 is 0 Å². The van der Waals surface area contributed by atoms with Gasteiger partial charge in [-0.1, -0.05) is 20.3 Å². The molecule has 90 valence electrons. The predicted molar refractivity (Wildman–Crippen MR) is 62.0 cm³/mol. The van der Waals surface area contributed by atoms with Crippen LogP contribution in [0.15, 0.2) is 0 Å². The van der Waals surface area contributed by atoms with Crippen LogP contribution in [0.1, 0.15) is 33.1 Å². The second kappa shape index (κ2) is 7.20. The van der Waals surface area contributed by atoms with Crippen LogP contribution in [0.2, 0.25) is 0 Å². The maximum Gasteiger partial charge on any atom is 0.0693 e. The molecule has 1 heterocycles. The summed E-state index contributed by atoms with van der Waals surface area (Å²) >= 11 is 0. The van der Waals surface area contributed by atoms with E-state index in [1.807, 2.05) is 0 Å². The van der Waals surface area contributed by atoms with Gasteiger partial charge in [-0.05, 0) is 25.3 Å². The second-order valence-corrected chi connectivity index (χ2v) is 4.60. The number of ether oxygens (including phenoxy) is 1. The molecule has 1 saturated heterocycles. The van der Waals surface area contributed by atoms with Gasteiger partial charge in [-0.15, -0.1) is 0 Å². The molecule has 15 heavy (non-hydrogen) atoms. The van der Waals surface area contributed by atoms with Crippen molar-refractivity contribution in [3.8, 4) is 0 Å². The van der Waals surface area contributed by atoms with E-state index in [4.69, 9.17) is 4.74 Å². The molecule has 2 atom stereocenters. The molecule has 1 aliphatic heterocycles. The average molecular weight is 215 g/mol. The SMILES string of the molecule is CCCCOCCN1CCC(C)C(O)C1. The first kappa shape index (κ1) is 12.9. The summed E-state index contributed by atoms with van der Waals surface area (Å²) in [4.78, 5) is 2.30. The monoisotopic (exact) mass is 215 g/mol. The molecule has 0 bridgehead atoms. The van der Waals surface area contributed by atoms with Crippen LogP contribution in [0.5, 0.6) is 0 Å². The Morgan fingerprint density at radius 1 is 1.40 bits per heavy atom. The zero-order valence-electron chi connectivity index (χ0n) is 10.1. The van der Waals surface area contributed by atoms with Crippen LogP contribution in [-0.4, -0.2) is 49.0 Å². The Morgan fingerprint density at radius 3 is 2.87 bits per heavy atom. The summed E-state index contributed by atoms with van der Waals surface area (Å²) in [5.74, 6) is 0.460. The number of piperidine rings is 1. The van der Waals surface area contributed by atoms with Crippen molar-refractivity contribution >= 4 is 0 Å². The molecule has 0 aromatic heterocycles. The Bertz CT molecular complexity index is 164. The minimum Gasteiger partial charge on any atom is -0.392 e. The summed E-state index contributed by atoms with van der Waals surface area (Å²) in [5, 5.41) is 9.71. The van der Waals surface area contributed by atoms with E-state index in [1.165, 1.54) is 6.42 Å². The maximum atomic E-state index is 9.71. The minimum atomic E-state index is -0.144. The normalized spacial score (nSPS) is 28.2. The van der Waals surface area contributed by atoms with Gasteiger partial charge in [0.1, 0.15) is 0 Å². The van der Waals surface area contributed by atoms with Gasteiger partial charge in [0.25, 0.3) is 0 Å². The Morgan fingerprint density at radius 2 is 2.20 bits per heavy atom. The Labute approximate surface area is 93.4 Å². The van der Waals surface area contributed by atoms with Gasteiger partial charge in [0.2, 0.25) is 0 Å². The van der Waals surface area contributed by atoms with Crippen LogP contribution in [0.3, 0.4) is 0 Å². The van der Waals surface area contributed by atoms with Gasteiger partial charge in [-0.25, -0.2) is 0 Å². The standard InChI is InChI=1S/C12H25NO2/c1-3-4-8-15-9-7-13-6-5-11(2)12(14)10-13/h11-12,14H,3-10H2,1-2H3. The molecule has 1 aliphatic rings. The van der Waals surface area contributed by atoms with Crippen molar-refractivity contribution < 1.29 is 9.84 Å². The molecule has 0 amide bonds. The second-order valence-electron chi connectivity index (χ2n) is 4.60. The van der Waals surface area contributed by atoms with Crippen LogP contribution >= 0.6 is 0 Å². The first-order valence-corrected chi connectivity index (χ1v) is 6.22. The molecule has 1 fully saturated rings. The van der Waals surface area contributed by atoms with Crippen molar-refractivity contribution in [3.05, 3.63) is 0 Å². The fraction of sp³-hybridized carbons (Fsp3) is 1.00. The summed E-state index contributed by atoms with van der Waals surface area (Å²) in [5.41, 5.74) is 0. The molecule has 0 spiro atoms. The number of β-amino-alcohol motifs (C(OH)–C–C–N with tert-alkyl or cyclic N) is 1. The van der Waals surface area contributed by atoms with E-state index in [1.54, 1.807) is 0 Å². The first-order chi connectivity index (χ1) is 7.24. The third kappa shape index (κ3) is 4.96. The van der Waals surface area contributed by atoms with E-state index in [0.29, 0.717) is 5.92 Å². The van der Waals surface area contributed by atoms with Crippen LogP contribution in [0.25, 0.3) is 0 Å². The van der Waals surface area contributed by atoms with Gasteiger partial charge >= 0.3 is 0 Å². The lowest BCUT2D eigenvalue weighted by Crippen LogP contribution is -2.44. The third-order valence-electron chi connectivity index (χ3n) is 3.20. The third-order valence-corrected chi connectivity index (χ3v) is 3.20. The molecule has 3 nitrogen and oxygen atoms in total. The molecule has 2 unspecified atom stereocenters. The minimum absolute atomic E-state index is 0.144. The van der Waals surface area contributed by atoms with Crippen LogP contribution in [0.4, 0.5) is 0 Å². The molecule has 0 aromatic carbocycles. The number of unbranched alkanes of at least 4 members (excludes halogenated alkanes) is 1. The largest absolute Gasteiger partial charge is 0.392 e. The smallest absolute Gasteiger partial charge is 0.0693 e. The summed E-state index contributed by atoms with van der Waals surface area (Å²) in [6.45, 7) is 8.87. The average Bonchev–Trinajstić information content (AvgIpc) is 2.23. The number of nitrogens with zero attached hydrogens (tertiary/aromatic N) is 1. The highest BCUT2D eigenvalue weighted by atomic mass is 16.5. The number of aliphatic hydroxyl groups excluding tert-OH is 1. The highest BCUT2D eigenvalue weighted by molar-refractivity contribution is 4.76. The van der Waals surface area contributed by atoms with E-state index < -0.39 is 0 Å².